The van der Waals surface area contributed by atoms with Crippen molar-refractivity contribution in [3.8, 4) is 6.07 Å². The quantitative estimate of drug-likeness (QED) is 0.845. The average molecular weight is 303 g/mol. The third kappa shape index (κ3) is 3.22. The summed E-state index contributed by atoms with van der Waals surface area (Å²) in [7, 11) is 1.27. The molecule has 1 heterocycles. The van der Waals surface area contributed by atoms with Gasteiger partial charge >= 0.3 is 5.97 Å². The standard InChI is InChI=1S/C14H11ClN4O2/c1-21-14(20)12-5-3-10(17)13(19-12)18-11-4-2-8(7-16)6-9(11)15/h2-6H,17H2,1H3,(H,18,19). The number of rotatable bonds is 3. The van der Waals surface area contributed by atoms with Gasteiger partial charge in [-0.1, -0.05) is 11.6 Å². The molecular weight excluding hydrogens is 292 g/mol. The Balaban J connectivity index is 2.35. The molecule has 0 aliphatic rings. The van der Waals surface area contributed by atoms with Crippen molar-refractivity contribution < 1.29 is 9.53 Å². The van der Waals surface area contributed by atoms with Gasteiger partial charge in [-0.15, -0.1) is 0 Å². The molecule has 0 spiro atoms. The van der Waals surface area contributed by atoms with Crippen LogP contribution in [-0.4, -0.2) is 18.1 Å². The highest BCUT2D eigenvalue weighted by atomic mass is 35.5. The van der Waals surface area contributed by atoms with Crippen LogP contribution in [0.1, 0.15) is 16.1 Å². The Bertz CT molecular complexity index is 740. The van der Waals surface area contributed by atoms with Gasteiger partial charge in [0.15, 0.2) is 11.5 Å². The summed E-state index contributed by atoms with van der Waals surface area (Å²) in [5.74, 6) is -0.284. The van der Waals surface area contributed by atoms with E-state index in [9.17, 15) is 4.79 Å². The van der Waals surface area contributed by atoms with Crippen molar-refractivity contribution in [1.82, 2.24) is 4.98 Å². The molecule has 21 heavy (non-hydrogen) atoms. The van der Waals surface area contributed by atoms with Crippen molar-refractivity contribution in [3.05, 3.63) is 46.6 Å². The minimum absolute atomic E-state index is 0.124. The van der Waals surface area contributed by atoms with Crippen LogP contribution in [0.15, 0.2) is 30.3 Å². The lowest BCUT2D eigenvalue weighted by Gasteiger charge is -2.11. The Morgan fingerprint density at radius 1 is 1.43 bits per heavy atom. The Morgan fingerprint density at radius 2 is 2.19 bits per heavy atom. The van der Waals surface area contributed by atoms with Crippen LogP contribution in [0.4, 0.5) is 17.2 Å². The van der Waals surface area contributed by atoms with Crippen LogP contribution in [-0.2, 0) is 4.74 Å². The summed E-state index contributed by atoms with van der Waals surface area (Å²) in [4.78, 5) is 15.6. The second kappa shape index (κ2) is 6.11. The van der Waals surface area contributed by atoms with Crippen molar-refractivity contribution >= 4 is 34.8 Å². The van der Waals surface area contributed by atoms with Gasteiger partial charge in [0.25, 0.3) is 0 Å². The number of hydrogen-bond acceptors (Lipinski definition) is 6. The zero-order valence-corrected chi connectivity index (χ0v) is 11.8. The van der Waals surface area contributed by atoms with E-state index in [2.05, 4.69) is 15.0 Å². The molecule has 2 aromatic rings. The van der Waals surface area contributed by atoms with Crippen LogP contribution in [0.5, 0.6) is 0 Å². The van der Waals surface area contributed by atoms with Gasteiger partial charge in [-0.3, -0.25) is 0 Å². The molecule has 7 heteroatoms. The van der Waals surface area contributed by atoms with Gasteiger partial charge in [-0.2, -0.15) is 5.26 Å². The molecule has 0 aliphatic carbocycles. The molecule has 0 aliphatic heterocycles. The third-order valence-electron chi connectivity index (χ3n) is 2.67. The van der Waals surface area contributed by atoms with Crippen LogP contribution < -0.4 is 11.1 Å². The highest BCUT2D eigenvalue weighted by Gasteiger charge is 2.11. The van der Waals surface area contributed by atoms with Crippen molar-refractivity contribution in [2.45, 2.75) is 0 Å². The normalized spacial score (nSPS) is 9.76. The molecule has 1 aromatic carbocycles. The van der Waals surface area contributed by atoms with Gasteiger partial charge in [0.1, 0.15) is 0 Å². The fraction of sp³-hybridized carbons (Fsp3) is 0.0714. The van der Waals surface area contributed by atoms with Crippen LogP contribution >= 0.6 is 11.6 Å². The van der Waals surface area contributed by atoms with Crippen LogP contribution in [0.2, 0.25) is 5.02 Å². The van der Waals surface area contributed by atoms with Crippen molar-refractivity contribution in [2.24, 2.45) is 0 Å². The molecule has 106 valence electrons. The minimum Gasteiger partial charge on any atom is -0.464 e. The van der Waals surface area contributed by atoms with E-state index in [-0.39, 0.29) is 11.5 Å². The number of nitrogens with two attached hydrogens (primary N) is 1. The smallest absolute Gasteiger partial charge is 0.356 e. The number of nitrogen functional groups attached to an aromatic ring is 1. The molecule has 0 bridgehead atoms. The fourth-order valence-corrected chi connectivity index (χ4v) is 1.83. The van der Waals surface area contributed by atoms with E-state index < -0.39 is 5.97 Å². The first-order chi connectivity index (χ1) is 10.0. The Kier molecular flexibility index (Phi) is 4.26. The number of carbonyl (C=O) groups excluding carboxylic acids is 1. The summed E-state index contributed by atoms with van der Waals surface area (Å²) in [6, 6.07) is 9.75. The molecule has 0 fully saturated rings. The van der Waals surface area contributed by atoms with Crippen molar-refractivity contribution in [2.75, 3.05) is 18.2 Å². The number of benzene rings is 1. The van der Waals surface area contributed by atoms with Gasteiger partial charge in [0.2, 0.25) is 0 Å². The number of halogens is 1. The highest BCUT2D eigenvalue weighted by molar-refractivity contribution is 6.33. The van der Waals surface area contributed by atoms with E-state index in [1.54, 1.807) is 18.2 Å². The number of anilines is 3. The van der Waals surface area contributed by atoms with Gasteiger partial charge in [0.05, 0.1) is 35.1 Å². The summed E-state index contributed by atoms with van der Waals surface area (Å²) in [5.41, 5.74) is 7.25. The number of nitriles is 1. The maximum Gasteiger partial charge on any atom is 0.356 e. The number of pyridine rings is 1. The number of aromatic nitrogens is 1. The molecule has 0 atom stereocenters. The summed E-state index contributed by atoms with van der Waals surface area (Å²) in [5, 5.41) is 12.1. The highest BCUT2D eigenvalue weighted by Crippen LogP contribution is 2.28. The van der Waals surface area contributed by atoms with Crippen molar-refractivity contribution in [1.29, 1.82) is 5.26 Å². The number of nitrogens with one attached hydrogen (secondary N) is 1. The molecule has 0 saturated heterocycles. The molecule has 6 nitrogen and oxygen atoms in total. The number of hydrogen-bond donors (Lipinski definition) is 2. The molecule has 2 rings (SSSR count). The van der Waals surface area contributed by atoms with Gasteiger partial charge in [-0.25, -0.2) is 9.78 Å². The van der Waals surface area contributed by atoms with Gasteiger partial charge < -0.3 is 15.8 Å². The first-order valence-electron chi connectivity index (χ1n) is 5.86. The number of carbonyl (C=O) groups is 1. The predicted molar refractivity (Wildman–Crippen MR) is 79.4 cm³/mol. The largest absolute Gasteiger partial charge is 0.464 e. The zero-order chi connectivity index (χ0) is 15.4. The van der Waals surface area contributed by atoms with Gasteiger partial charge in [0, 0.05) is 0 Å². The lowest BCUT2D eigenvalue weighted by atomic mass is 10.2. The van der Waals surface area contributed by atoms with E-state index in [0.717, 1.165) is 0 Å². The van der Waals surface area contributed by atoms with E-state index in [0.29, 0.717) is 22.0 Å². The lowest BCUT2D eigenvalue weighted by Crippen LogP contribution is -2.08. The first-order valence-corrected chi connectivity index (χ1v) is 6.24. The molecule has 3 N–H and O–H groups in total. The van der Waals surface area contributed by atoms with E-state index in [1.165, 1.54) is 19.2 Å². The average Bonchev–Trinajstić information content (AvgIpc) is 2.50. The summed E-state index contributed by atoms with van der Waals surface area (Å²) in [6.45, 7) is 0. The number of methoxy groups -OCH3 is 1. The Labute approximate surface area is 126 Å². The minimum atomic E-state index is -0.566. The lowest BCUT2D eigenvalue weighted by molar-refractivity contribution is 0.0594. The second-order valence-electron chi connectivity index (χ2n) is 4.06. The maximum atomic E-state index is 11.5. The Hall–Kier alpha value is -2.78. The first kappa shape index (κ1) is 14.6. The number of esters is 1. The molecule has 0 saturated carbocycles. The fourth-order valence-electron chi connectivity index (χ4n) is 1.60. The maximum absolute atomic E-state index is 11.5. The van der Waals surface area contributed by atoms with E-state index >= 15 is 0 Å². The molecule has 1 aromatic heterocycles. The topological polar surface area (TPSA) is 101 Å². The third-order valence-corrected chi connectivity index (χ3v) is 2.98. The Morgan fingerprint density at radius 3 is 2.81 bits per heavy atom. The van der Waals surface area contributed by atoms with Crippen LogP contribution in [0.25, 0.3) is 0 Å². The number of nitrogens with zero attached hydrogens (tertiary/aromatic N) is 2. The van der Waals surface area contributed by atoms with Crippen LogP contribution in [0.3, 0.4) is 0 Å². The number of ether oxygens (including phenoxy) is 1. The summed E-state index contributed by atoms with van der Waals surface area (Å²) < 4.78 is 4.60. The SMILES string of the molecule is COC(=O)c1ccc(N)c(Nc2ccc(C#N)cc2Cl)n1. The molecule has 0 radical (unpaired) electrons. The monoisotopic (exact) mass is 302 g/mol. The van der Waals surface area contributed by atoms with E-state index in [4.69, 9.17) is 22.6 Å². The predicted octanol–water partition coefficient (Wildman–Crippen LogP) is 2.72. The van der Waals surface area contributed by atoms with Gasteiger partial charge in [-0.05, 0) is 30.3 Å². The summed E-state index contributed by atoms with van der Waals surface area (Å²) >= 11 is 6.07. The second-order valence-corrected chi connectivity index (χ2v) is 4.46. The summed E-state index contributed by atoms with van der Waals surface area (Å²) in [6.07, 6.45) is 0. The van der Waals surface area contributed by atoms with E-state index in [1.807, 2.05) is 6.07 Å². The molecular formula is C14H11ClN4O2. The zero-order valence-electron chi connectivity index (χ0n) is 11.1. The van der Waals surface area contributed by atoms with Crippen LogP contribution in [0, 0.1) is 11.3 Å². The molecule has 0 unspecified atom stereocenters. The molecule has 0 amide bonds. The van der Waals surface area contributed by atoms with Crippen molar-refractivity contribution in [3.63, 3.8) is 0 Å².